The van der Waals surface area contributed by atoms with E-state index in [4.69, 9.17) is 4.52 Å². The molecule has 2 atom stereocenters. The van der Waals surface area contributed by atoms with Gasteiger partial charge in [-0.2, -0.15) is 4.98 Å². The molecule has 0 saturated carbocycles. The minimum absolute atomic E-state index is 0.119. The molecule has 30 heavy (non-hydrogen) atoms. The Bertz CT molecular complexity index is 1050. The summed E-state index contributed by atoms with van der Waals surface area (Å²) in [6.07, 6.45) is -0.0192. The van der Waals surface area contributed by atoms with Crippen molar-refractivity contribution < 1.29 is 18.8 Å². The molecule has 2 N–H and O–H groups in total. The molecule has 2 unspecified atom stereocenters. The van der Waals surface area contributed by atoms with E-state index in [0.29, 0.717) is 42.4 Å². The van der Waals surface area contributed by atoms with E-state index in [2.05, 4.69) is 20.4 Å². The van der Waals surface area contributed by atoms with Crippen LogP contribution in [0.5, 0.6) is 0 Å². The van der Waals surface area contributed by atoms with Gasteiger partial charge in [0.15, 0.2) is 0 Å². The molecule has 0 radical (unpaired) electrons. The first-order valence-electron chi connectivity index (χ1n) is 9.78. The second-order valence-electron chi connectivity index (χ2n) is 7.63. The maximum absolute atomic E-state index is 13.9. The molecule has 4 rings (SSSR count). The fourth-order valence-electron chi connectivity index (χ4n) is 3.66. The maximum atomic E-state index is 13.9. The summed E-state index contributed by atoms with van der Waals surface area (Å²) in [4.78, 5) is 17.7. The van der Waals surface area contributed by atoms with Crippen molar-refractivity contribution in [3.8, 4) is 11.4 Å². The normalized spacial score (nSPS) is 19.2. The minimum atomic E-state index is -0.499. The van der Waals surface area contributed by atoms with Crippen molar-refractivity contribution in [2.24, 2.45) is 0 Å². The third-order valence-corrected chi connectivity index (χ3v) is 5.20. The van der Waals surface area contributed by atoms with Crippen LogP contribution in [0.15, 0.2) is 47.0 Å². The van der Waals surface area contributed by atoms with Gasteiger partial charge >= 0.3 is 0 Å². The van der Waals surface area contributed by atoms with Crippen LogP contribution in [0.2, 0.25) is 0 Å². The molecule has 1 aromatic heterocycles. The summed E-state index contributed by atoms with van der Waals surface area (Å²) in [5.41, 5.74) is 2.86. The molecular formula is C22H23FN4O3. The minimum Gasteiger partial charge on any atom is -0.392 e. The van der Waals surface area contributed by atoms with Crippen molar-refractivity contribution in [3.63, 3.8) is 0 Å². The Labute approximate surface area is 173 Å². The number of likely N-dealkylation sites (tertiary alicyclic amines) is 1. The standard InChI is InChI=1S/C22H23FN4O3/c1-13-3-6-16(9-19(13)23)21-25-22(30-26-21)20-10-18(29)12-27(20)11-15-4-7-17(8-5-15)24-14(2)28/h3-9,18,20,29H,10-12H2,1-2H3,(H,24,28). The molecule has 0 bridgehead atoms. The van der Waals surface area contributed by atoms with E-state index in [-0.39, 0.29) is 17.8 Å². The molecule has 0 spiro atoms. The maximum Gasteiger partial charge on any atom is 0.244 e. The summed E-state index contributed by atoms with van der Waals surface area (Å²) in [5, 5.41) is 17.0. The Hall–Kier alpha value is -3.10. The number of rotatable bonds is 5. The highest BCUT2D eigenvalue weighted by molar-refractivity contribution is 5.88. The van der Waals surface area contributed by atoms with Crippen LogP contribution >= 0.6 is 0 Å². The van der Waals surface area contributed by atoms with Gasteiger partial charge in [0.2, 0.25) is 17.6 Å². The summed E-state index contributed by atoms with van der Waals surface area (Å²) in [5.74, 6) is 0.285. The molecule has 156 valence electrons. The monoisotopic (exact) mass is 410 g/mol. The smallest absolute Gasteiger partial charge is 0.244 e. The number of carbonyl (C=O) groups excluding carboxylic acids is 1. The van der Waals surface area contributed by atoms with Crippen molar-refractivity contribution in [1.29, 1.82) is 0 Å². The average molecular weight is 410 g/mol. The molecule has 1 aliphatic rings. The molecule has 2 aromatic carbocycles. The van der Waals surface area contributed by atoms with E-state index in [1.165, 1.54) is 13.0 Å². The van der Waals surface area contributed by atoms with E-state index in [1.54, 1.807) is 19.1 Å². The van der Waals surface area contributed by atoms with Crippen molar-refractivity contribution in [2.75, 3.05) is 11.9 Å². The highest BCUT2D eigenvalue weighted by Gasteiger charge is 2.36. The summed E-state index contributed by atoms with van der Waals surface area (Å²) >= 11 is 0. The van der Waals surface area contributed by atoms with Crippen LogP contribution in [0.3, 0.4) is 0 Å². The van der Waals surface area contributed by atoms with Gasteiger partial charge in [-0.15, -0.1) is 0 Å². The molecule has 1 fully saturated rings. The summed E-state index contributed by atoms with van der Waals surface area (Å²) < 4.78 is 19.3. The first-order chi connectivity index (χ1) is 14.4. The highest BCUT2D eigenvalue weighted by atomic mass is 19.1. The van der Waals surface area contributed by atoms with Gasteiger partial charge in [0.25, 0.3) is 0 Å². The number of β-amino-alcohol motifs (C(OH)–C–C–N with tert-alkyl or cyclic N) is 1. The Balaban J connectivity index is 1.51. The number of nitrogens with one attached hydrogen (secondary N) is 1. The Morgan fingerprint density at radius 3 is 2.77 bits per heavy atom. The molecule has 3 aromatic rings. The van der Waals surface area contributed by atoms with E-state index in [9.17, 15) is 14.3 Å². The van der Waals surface area contributed by atoms with Gasteiger partial charge in [-0.25, -0.2) is 4.39 Å². The lowest BCUT2D eigenvalue weighted by atomic mass is 10.1. The second kappa shape index (κ2) is 8.33. The van der Waals surface area contributed by atoms with Crippen LogP contribution in [0.4, 0.5) is 10.1 Å². The predicted molar refractivity (Wildman–Crippen MR) is 109 cm³/mol. The zero-order chi connectivity index (χ0) is 21.3. The molecule has 0 aliphatic carbocycles. The SMILES string of the molecule is CC(=O)Nc1ccc(CN2CC(O)CC2c2nc(-c3ccc(C)c(F)c3)no2)cc1. The lowest BCUT2D eigenvalue weighted by Crippen LogP contribution is -2.24. The first kappa shape index (κ1) is 20.2. The van der Waals surface area contributed by atoms with Crippen LogP contribution in [0.1, 0.15) is 36.4 Å². The van der Waals surface area contributed by atoms with Gasteiger partial charge in [0.05, 0.1) is 12.1 Å². The quantitative estimate of drug-likeness (QED) is 0.669. The topological polar surface area (TPSA) is 91.5 Å². The number of amides is 1. The highest BCUT2D eigenvalue weighted by Crippen LogP contribution is 2.33. The van der Waals surface area contributed by atoms with Crippen LogP contribution in [0, 0.1) is 12.7 Å². The van der Waals surface area contributed by atoms with Gasteiger partial charge in [-0.05, 0) is 42.7 Å². The van der Waals surface area contributed by atoms with Gasteiger partial charge in [0.1, 0.15) is 5.82 Å². The number of aromatic nitrogens is 2. The van der Waals surface area contributed by atoms with Gasteiger partial charge in [0, 0.05) is 31.3 Å². The fourth-order valence-corrected chi connectivity index (χ4v) is 3.66. The molecular weight excluding hydrogens is 387 g/mol. The van der Waals surface area contributed by atoms with Crippen molar-refractivity contribution >= 4 is 11.6 Å². The van der Waals surface area contributed by atoms with Crippen LogP contribution in [-0.2, 0) is 11.3 Å². The molecule has 1 saturated heterocycles. The number of halogens is 1. The van der Waals surface area contributed by atoms with Gasteiger partial charge in [-0.1, -0.05) is 29.4 Å². The first-order valence-corrected chi connectivity index (χ1v) is 9.78. The number of hydrogen-bond acceptors (Lipinski definition) is 6. The molecule has 7 nitrogen and oxygen atoms in total. The fraction of sp³-hybridized carbons (Fsp3) is 0.318. The summed E-state index contributed by atoms with van der Waals surface area (Å²) in [7, 11) is 0. The number of hydrogen-bond donors (Lipinski definition) is 2. The zero-order valence-electron chi connectivity index (χ0n) is 16.8. The third-order valence-electron chi connectivity index (χ3n) is 5.20. The number of aliphatic hydroxyl groups excluding tert-OH is 1. The van der Waals surface area contributed by atoms with Crippen molar-refractivity contribution in [3.05, 3.63) is 65.3 Å². The zero-order valence-corrected chi connectivity index (χ0v) is 16.8. The molecule has 2 heterocycles. The molecule has 1 aliphatic heterocycles. The Morgan fingerprint density at radius 2 is 2.07 bits per heavy atom. The lowest BCUT2D eigenvalue weighted by Gasteiger charge is -2.21. The van der Waals surface area contributed by atoms with Crippen LogP contribution in [0.25, 0.3) is 11.4 Å². The number of nitrogens with zero attached hydrogens (tertiary/aromatic N) is 3. The number of carbonyl (C=O) groups is 1. The number of anilines is 1. The van der Waals surface area contributed by atoms with Crippen LogP contribution < -0.4 is 5.32 Å². The van der Waals surface area contributed by atoms with Gasteiger partial charge < -0.3 is 14.9 Å². The van der Waals surface area contributed by atoms with Crippen LogP contribution in [-0.4, -0.2) is 38.7 Å². The molecule has 1 amide bonds. The summed E-state index contributed by atoms with van der Waals surface area (Å²) in [6, 6.07) is 12.1. The third kappa shape index (κ3) is 4.39. The van der Waals surface area contributed by atoms with E-state index in [0.717, 1.165) is 11.3 Å². The Kier molecular flexibility index (Phi) is 5.61. The number of aliphatic hydroxyl groups is 1. The Morgan fingerprint density at radius 1 is 1.30 bits per heavy atom. The number of benzene rings is 2. The lowest BCUT2D eigenvalue weighted by molar-refractivity contribution is -0.114. The second-order valence-corrected chi connectivity index (χ2v) is 7.63. The predicted octanol–water partition coefficient (Wildman–Crippen LogP) is 3.45. The van der Waals surface area contributed by atoms with Crippen molar-refractivity contribution in [2.45, 2.75) is 39.0 Å². The van der Waals surface area contributed by atoms with E-state index >= 15 is 0 Å². The molecule has 8 heteroatoms. The summed E-state index contributed by atoms with van der Waals surface area (Å²) in [6.45, 7) is 4.23. The van der Waals surface area contributed by atoms with Gasteiger partial charge in [-0.3, -0.25) is 9.69 Å². The average Bonchev–Trinajstić information content (AvgIpc) is 3.32. The largest absolute Gasteiger partial charge is 0.392 e. The van der Waals surface area contributed by atoms with Crippen molar-refractivity contribution in [1.82, 2.24) is 15.0 Å². The number of aryl methyl sites for hydroxylation is 1. The van der Waals surface area contributed by atoms with E-state index < -0.39 is 6.10 Å². The van der Waals surface area contributed by atoms with E-state index in [1.807, 2.05) is 24.3 Å².